The average molecular weight is 282 g/mol. The van der Waals surface area contributed by atoms with Gasteiger partial charge in [0.2, 0.25) is 0 Å². The van der Waals surface area contributed by atoms with Crippen molar-refractivity contribution in [2.45, 2.75) is 45.4 Å². The van der Waals surface area contributed by atoms with Gasteiger partial charge in [-0.05, 0) is 64.7 Å². The Hall–Kier alpha value is -0.120. The highest BCUT2D eigenvalue weighted by Crippen LogP contribution is 2.39. The molecule has 20 heavy (non-hydrogen) atoms. The van der Waals surface area contributed by atoms with E-state index in [9.17, 15) is 5.11 Å². The van der Waals surface area contributed by atoms with Crippen LogP contribution in [-0.4, -0.2) is 61.8 Å². The summed E-state index contributed by atoms with van der Waals surface area (Å²) in [6.45, 7) is 7.52. The zero-order valence-electron chi connectivity index (χ0n) is 13.8. The summed E-state index contributed by atoms with van der Waals surface area (Å²) < 4.78 is 0. The molecule has 1 aliphatic heterocycles. The number of hydrogen-bond acceptors (Lipinski definition) is 3. The Bertz CT molecular complexity index is 279. The SMILES string of the molecule is CC1CCC(CO)(CN(C)CC2CCN(C)CC2)CC1. The van der Waals surface area contributed by atoms with Gasteiger partial charge in [0.25, 0.3) is 0 Å². The van der Waals surface area contributed by atoms with E-state index in [2.05, 4.69) is 30.8 Å². The van der Waals surface area contributed by atoms with E-state index < -0.39 is 0 Å². The first-order chi connectivity index (χ1) is 9.53. The molecule has 1 aliphatic carbocycles. The molecular weight excluding hydrogens is 248 g/mol. The largest absolute Gasteiger partial charge is 0.396 e. The lowest BCUT2D eigenvalue weighted by molar-refractivity contribution is 0.0297. The molecule has 0 bridgehead atoms. The minimum absolute atomic E-state index is 0.187. The number of aliphatic hydroxyl groups excluding tert-OH is 1. The lowest BCUT2D eigenvalue weighted by Gasteiger charge is -2.42. The highest BCUT2D eigenvalue weighted by molar-refractivity contribution is 4.87. The summed E-state index contributed by atoms with van der Waals surface area (Å²) in [6.07, 6.45) is 7.68. The molecule has 1 N–H and O–H groups in total. The molecule has 0 unspecified atom stereocenters. The molecule has 0 aromatic carbocycles. The summed E-state index contributed by atoms with van der Waals surface area (Å²) >= 11 is 0. The first-order valence-corrected chi connectivity index (χ1v) is 8.51. The van der Waals surface area contributed by atoms with Gasteiger partial charge in [-0.25, -0.2) is 0 Å². The van der Waals surface area contributed by atoms with Crippen LogP contribution in [0.15, 0.2) is 0 Å². The topological polar surface area (TPSA) is 26.7 Å². The third kappa shape index (κ3) is 4.44. The van der Waals surface area contributed by atoms with E-state index in [0.717, 1.165) is 18.4 Å². The van der Waals surface area contributed by atoms with Crippen LogP contribution in [-0.2, 0) is 0 Å². The fourth-order valence-corrected chi connectivity index (χ4v) is 4.06. The van der Waals surface area contributed by atoms with Crippen molar-refractivity contribution in [2.75, 3.05) is 46.9 Å². The lowest BCUT2D eigenvalue weighted by Crippen LogP contribution is -2.43. The Morgan fingerprint density at radius 3 is 2.30 bits per heavy atom. The van der Waals surface area contributed by atoms with Crippen molar-refractivity contribution in [3.8, 4) is 0 Å². The maximum atomic E-state index is 9.88. The number of nitrogens with zero attached hydrogens (tertiary/aromatic N) is 2. The highest BCUT2D eigenvalue weighted by atomic mass is 16.3. The van der Waals surface area contributed by atoms with Crippen LogP contribution in [0.1, 0.15) is 45.4 Å². The van der Waals surface area contributed by atoms with Crippen LogP contribution in [0.25, 0.3) is 0 Å². The molecule has 1 saturated heterocycles. The summed E-state index contributed by atoms with van der Waals surface area (Å²) in [4.78, 5) is 4.94. The predicted molar refractivity (Wildman–Crippen MR) is 84.9 cm³/mol. The fraction of sp³-hybridized carbons (Fsp3) is 1.00. The van der Waals surface area contributed by atoms with Crippen LogP contribution in [0, 0.1) is 17.3 Å². The Kier molecular flexibility index (Phi) is 5.88. The zero-order valence-corrected chi connectivity index (χ0v) is 13.8. The van der Waals surface area contributed by atoms with Crippen molar-refractivity contribution in [1.29, 1.82) is 0 Å². The maximum Gasteiger partial charge on any atom is 0.0499 e. The molecule has 118 valence electrons. The molecule has 0 atom stereocenters. The van der Waals surface area contributed by atoms with E-state index in [1.807, 2.05) is 0 Å². The van der Waals surface area contributed by atoms with Crippen molar-refractivity contribution in [3.63, 3.8) is 0 Å². The molecule has 0 spiro atoms. The minimum Gasteiger partial charge on any atom is -0.396 e. The molecule has 2 aliphatic rings. The van der Waals surface area contributed by atoms with Crippen LogP contribution in [0.3, 0.4) is 0 Å². The van der Waals surface area contributed by atoms with E-state index in [0.29, 0.717) is 6.61 Å². The van der Waals surface area contributed by atoms with E-state index in [1.54, 1.807) is 0 Å². The smallest absolute Gasteiger partial charge is 0.0499 e. The average Bonchev–Trinajstić information content (AvgIpc) is 2.44. The van der Waals surface area contributed by atoms with Gasteiger partial charge in [-0.1, -0.05) is 19.8 Å². The highest BCUT2D eigenvalue weighted by Gasteiger charge is 2.35. The van der Waals surface area contributed by atoms with Gasteiger partial charge in [0.05, 0.1) is 0 Å². The predicted octanol–water partition coefficient (Wildman–Crippen LogP) is 2.45. The molecule has 1 saturated carbocycles. The van der Waals surface area contributed by atoms with Crippen molar-refractivity contribution >= 4 is 0 Å². The van der Waals surface area contributed by atoms with Crippen LogP contribution in [0.5, 0.6) is 0 Å². The first kappa shape index (κ1) is 16.3. The van der Waals surface area contributed by atoms with Gasteiger partial charge < -0.3 is 14.9 Å². The van der Waals surface area contributed by atoms with Gasteiger partial charge in [-0.3, -0.25) is 0 Å². The normalized spacial score (nSPS) is 33.8. The van der Waals surface area contributed by atoms with Gasteiger partial charge in [0.1, 0.15) is 0 Å². The number of hydrogen-bond donors (Lipinski definition) is 1. The molecule has 2 rings (SSSR count). The van der Waals surface area contributed by atoms with Gasteiger partial charge in [-0.2, -0.15) is 0 Å². The minimum atomic E-state index is 0.187. The molecule has 0 amide bonds. The van der Waals surface area contributed by atoms with Gasteiger partial charge in [0, 0.05) is 25.1 Å². The van der Waals surface area contributed by atoms with E-state index in [-0.39, 0.29) is 5.41 Å². The summed E-state index contributed by atoms with van der Waals surface area (Å²) in [5, 5.41) is 9.88. The zero-order chi connectivity index (χ0) is 14.6. The maximum absolute atomic E-state index is 9.88. The monoisotopic (exact) mass is 282 g/mol. The number of rotatable bonds is 5. The molecule has 0 aromatic heterocycles. The van der Waals surface area contributed by atoms with Crippen LogP contribution in [0.2, 0.25) is 0 Å². The van der Waals surface area contributed by atoms with E-state index in [4.69, 9.17) is 0 Å². The third-order valence-electron chi connectivity index (χ3n) is 5.68. The van der Waals surface area contributed by atoms with Gasteiger partial charge in [0.15, 0.2) is 0 Å². The molecule has 2 fully saturated rings. The summed E-state index contributed by atoms with van der Waals surface area (Å²) in [7, 11) is 4.48. The second-order valence-electron chi connectivity index (χ2n) is 7.78. The Morgan fingerprint density at radius 1 is 1.15 bits per heavy atom. The summed E-state index contributed by atoms with van der Waals surface area (Å²) in [6, 6.07) is 0. The van der Waals surface area contributed by atoms with Gasteiger partial charge in [-0.15, -0.1) is 0 Å². The number of likely N-dealkylation sites (tertiary alicyclic amines) is 1. The number of aliphatic hydroxyl groups is 1. The standard InChI is InChI=1S/C17H34N2O/c1-15-4-8-17(14-20,9-5-15)13-19(3)12-16-6-10-18(2)11-7-16/h15-16,20H,4-14H2,1-3H3. The second kappa shape index (κ2) is 7.24. The van der Waals surface area contributed by atoms with Crippen LogP contribution in [0.4, 0.5) is 0 Å². The van der Waals surface area contributed by atoms with E-state index >= 15 is 0 Å². The van der Waals surface area contributed by atoms with Crippen molar-refractivity contribution < 1.29 is 5.11 Å². The Labute approximate surface area is 125 Å². The summed E-state index contributed by atoms with van der Waals surface area (Å²) in [5.74, 6) is 1.71. The third-order valence-corrected chi connectivity index (χ3v) is 5.68. The molecule has 1 heterocycles. The molecule has 0 aromatic rings. The van der Waals surface area contributed by atoms with Crippen molar-refractivity contribution in [3.05, 3.63) is 0 Å². The second-order valence-corrected chi connectivity index (χ2v) is 7.78. The fourth-order valence-electron chi connectivity index (χ4n) is 4.06. The van der Waals surface area contributed by atoms with Crippen molar-refractivity contribution in [1.82, 2.24) is 9.80 Å². The van der Waals surface area contributed by atoms with Gasteiger partial charge >= 0.3 is 0 Å². The van der Waals surface area contributed by atoms with Crippen molar-refractivity contribution in [2.24, 2.45) is 17.3 Å². The molecule has 3 heteroatoms. The van der Waals surface area contributed by atoms with Crippen LogP contribution >= 0.6 is 0 Å². The molecule has 3 nitrogen and oxygen atoms in total. The molecular formula is C17H34N2O. The van der Waals surface area contributed by atoms with Crippen LogP contribution < -0.4 is 0 Å². The number of piperidine rings is 1. The van der Waals surface area contributed by atoms with E-state index in [1.165, 1.54) is 58.2 Å². The first-order valence-electron chi connectivity index (χ1n) is 8.51. The summed E-state index contributed by atoms with van der Waals surface area (Å²) in [5.41, 5.74) is 0.187. The lowest BCUT2D eigenvalue weighted by atomic mass is 9.71. The Morgan fingerprint density at radius 2 is 1.75 bits per heavy atom. The quantitative estimate of drug-likeness (QED) is 0.839. The molecule has 0 radical (unpaired) electrons. The Balaban J connectivity index is 1.78.